The summed E-state index contributed by atoms with van der Waals surface area (Å²) in [6, 6.07) is 0. The molecule has 0 amide bonds. The van der Waals surface area contributed by atoms with Crippen LogP contribution in [0, 0.1) is 0 Å². The maximum atomic E-state index is 11.5. The van der Waals surface area contributed by atoms with E-state index in [1.165, 1.54) is 0 Å². The number of ether oxygens (including phenoxy) is 2. The van der Waals surface area contributed by atoms with Gasteiger partial charge in [-0.3, -0.25) is 14.5 Å². The second-order valence-electron chi connectivity index (χ2n) is 3.51. The largest absolute Gasteiger partial charge is 0.466 e. The highest BCUT2D eigenvalue weighted by molar-refractivity contribution is 5.96. The van der Waals surface area contributed by atoms with Gasteiger partial charge in [0.25, 0.3) is 0 Å². The molecule has 6 nitrogen and oxygen atoms in total. The third-order valence-corrected chi connectivity index (χ3v) is 2.07. The molecule has 0 saturated heterocycles. The molecule has 0 radical (unpaired) electrons. The van der Waals surface area contributed by atoms with E-state index in [0.717, 1.165) is 0 Å². The molecule has 0 aliphatic carbocycles. The standard InChI is InChI=1S/C11H21NO5/c1-3-17-11(15)8-10(14)9-12(4-6-13)5-7-16-2/h13H,3-9H2,1-2H3. The molecular formula is C11H21NO5. The molecule has 0 aliphatic rings. The van der Waals surface area contributed by atoms with Crippen LogP contribution in [0.4, 0.5) is 0 Å². The third-order valence-electron chi connectivity index (χ3n) is 2.07. The molecule has 0 unspecified atom stereocenters. The van der Waals surface area contributed by atoms with Gasteiger partial charge in [-0.1, -0.05) is 0 Å². The number of esters is 1. The topological polar surface area (TPSA) is 76.1 Å². The number of carbonyl (C=O) groups is 2. The lowest BCUT2D eigenvalue weighted by Gasteiger charge is -2.19. The number of rotatable bonds is 10. The van der Waals surface area contributed by atoms with E-state index in [4.69, 9.17) is 9.84 Å². The Hall–Kier alpha value is -0.980. The van der Waals surface area contributed by atoms with Gasteiger partial charge in [0.05, 0.1) is 26.4 Å². The van der Waals surface area contributed by atoms with Crippen molar-refractivity contribution in [2.45, 2.75) is 13.3 Å². The first-order valence-electron chi connectivity index (χ1n) is 5.63. The summed E-state index contributed by atoms with van der Waals surface area (Å²) in [5.41, 5.74) is 0. The van der Waals surface area contributed by atoms with Crippen LogP contribution in [0.3, 0.4) is 0 Å². The summed E-state index contributed by atoms with van der Waals surface area (Å²) >= 11 is 0. The summed E-state index contributed by atoms with van der Waals surface area (Å²) < 4.78 is 9.58. The van der Waals surface area contributed by atoms with Gasteiger partial charge >= 0.3 is 5.97 Å². The first-order valence-corrected chi connectivity index (χ1v) is 5.63. The van der Waals surface area contributed by atoms with E-state index in [2.05, 4.69) is 4.74 Å². The Morgan fingerprint density at radius 3 is 2.53 bits per heavy atom. The molecule has 1 N–H and O–H groups in total. The first kappa shape index (κ1) is 16.0. The van der Waals surface area contributed by atoms with Gasteiger partial charge in [-0.05, 0) is 6.92 Å². The highest BCUT2D eigenvalue weighted by atomic mass is 16.5. The van der Waals surface area contributed by atoms with Gasteiger partial charge in [0.2, 0.25) is 0 Å². The van der Waals surface area contributed by atoms with Gasteiger partial charge in [0.15, 0.2) is 5.78 Å². The van der Waals surface area contributed by atoms with Crippen LogP contribution in [0.15, 0.2) is 0 Å². The zero-order valence-electron chi connectivity index (χ0n) is 10.5. The van der Waals surface area contributed by atoms with E-state index >= 15 is 0 Å². The minimum absolute atomic E-state index is 0.0313. The van der Waals surface area contributed by atoms with E-state index in [1.807, 2.05) is 0 Å². The lowest BCUT2D eigenvalue weighted by molar-refractivity contribution is -0.145. The zero-order valence-corrected chi connectivity index (χ0v) is 10.5. The fourth-order valence-electron chi connectivity index (χ4n) is 1.31. The van der Waals surface area contributed by atoms with Crippen LogP contribution in [-0.4, -0.2) is 68.3 Å². The number of carbonyl (C=O) groups excluding carboxylic acids is 2. The SMILES string of the molecule is CCOC(=O)CC(=O)CN(CCO)CCOC. The summed E-state index contributed by atoms with van der Waals surface area (Å²) in [6.45, 7) is 3.48. The van der Waals surface area contributed by atoms with Crippen LogP contribution < -0.4 is 0 Å². The first-order chi connectivity index (χ1) is 8.13. The van der Waals surface area contributed by atoms with Crippen LogP contribution in [0.1, 0.15) is 13.3 Å². The molecule has 0 aromatic rings. The van der Waals surface area contributed by atoms with Crippen molar-refractivity contribution < 1.29 is 24.2 Å². The summed E-state index contributed by atoms with van der Waals surface area (Å²) in [6.07, 6.45) is -0.219. The van der Waals surface area contributed by atoms with E-state index in [1.54, 1.807) is 18.9 Å². The molecule has 0 saturated carbocycles. The van der Waals surface area contributed by atoms with Crippen molar-refractivity contribution in [3.05, 3.63) is 0 Å². The molecular weight excluding hydrogens is 226 g/mol. The maximum absolute atomic E-state index is 11.5. The second-order valence-corrected chi connectivity index (χ2v) is 3.51. The van der Waals surface area contributed by atoms with E-state index in [0.29, 0.717) is 19.7 Å². The lowest BCUT2D eigenvalue weighted by Crippen LogP contribution is -2.35. The van der Waals surface area contributed by atoms with E-state index in [-0.39, 0.29) is 32.0 Å². The van der Waals surface area contributed by atoms with Crippen molar-refractivity contribution in [3.63, 3.8) is 0 Å². The Balaban J connectivity index is 3.97. The van der Waals surface area contributed by atoms with Crippen LogP contribution in [0.5, 0.6) is 0 Å². The van der Waals surface area contributed by atoms with Crippen LogP contribution in [0.25, 0.3) is 0 Å². The Morgan fingerprint density at radius 1 is 1.29 bits per heavy atom. The quantitative estimate of drug-likeness (QED) is 0.412. The number of aliphatic hydroxyl groups excluding tert-OH is 1. The van der Waals surface area contributed by atoms with Gasteiger partial charge in [0.1, 0.15) is 6.42 Å². The summed E-state index contributed by atoms with van der Waals surface area (Å²) in [7, 11) is 1.57. The minimum Gasteiger partial charge on any atom is -0.466 e. The average molecular weight is 247 g/mol. The number of methoxy groups -OCH3 is 1. The number of aliphatic hydroxyl groups is 1. The Bertz CT molecular complexity index is 232. The normalized spacial score (nSPS) is 10.6. The molecule has 17 heavy (non-hydrogen) atoms. The molecule has 0 atom stereocenters. The van der Waals surface area contributed by atoms with Gasteiger partial charge in [0, 0.05) is 20.2 Å². The van der Waals surface area contributed by atoms with E-state index < -0.39 is 5.97 Å². The van der Waals surface area contributed by atoms with Crippen molar-refractivity contribution in [3.8, 4) is 0 Å². The summed E-state index contributed by atoms with van der Waals surface area (Å²) in [5.74, 6) is -0.721. The van der Waals surface area contributed by atoms with Crippen LogP contribution >= 0.6 is 0 Å². The Labute approximate surface area is 101 Å². The summed E-state index contributed by atoms with van der Waals surface area (Å²) in [5, 5.41) is 8.83. The lowest BCUT2D eigenvalue weighted by atomic mass is 10.2. The van der Waals surface area contributed by atoms with Gasteiger partial charge in [-0.25, -0.2) is 0 Å². The number of Topliss-reactive ketones (excluding diaryl/α,β-unsaturated/α-hetero) is 1. The molecule has 100 valence electrons. The third kappa shape index (κ3) is 8.79. The van der Waals surface area contributed by atoms with Crippen LogP contribution in [-0.2, 0) is 19.1 Å². The molecule has 0 aliphatic heterocycles. The molecule has 0 aromatic heterocycles. The van der Waals surface area contributed by atoms with Crippen molar-refractivity contribution in [1.29, 1.82) is 0 Å². The smallest absolute Gasteiger partial charge is 0.313 e. The Morgan fingerprint density at radius 2 is 2.00 bits per heavy atom. The minimum atomic E-state index is -0.506. The highest BCUT2D eigenvalue weighted by Crippen LogP contribution is 1.94. The maximum Gasteiger partial charge on any atom is 0.313 e. The number of hydrogen-bond acceptors (Lipinski definition) is 6. The molecule has 0 fully saturated rings. The monoisotopic (exact) mass is 247 g/mol. The Kier molecular flexibility index (Phi) is 9.60. The van der Waals surface area contributed by atoms with Gasteiger partial charge in [-0.15, -0.1) is 0 Å². The summed E-state index contributed by atoms with van der Waals surface area (Å²) in [4.78, 5) is 24.3. The molecule has 0 aromatic carbocycles. The highest BCUT2D eigenvalue weighted by Gasteiger charge is 2.14. The molecule has 0 spiro atoms. The van der Waals surface area contributed by atoms with Gasteiger partial charge in [-0.2, -0.15) is 0 Å². The predicted octanol–water partition coefficient (Wildman–Crippen LogP) is -0.551. The number of nitrogens with zero attached hydrogens (tertiary/aromatic N) is 1. The fourth-order valence-corrected chi connectivity index (χ4v) is 1.31. The van der Waals surface area contributed by atoms with Gasteiger partial charge < -0.3 is 14.6 Å². The number of hydrogen-bond donors (Lipinski definition) is 1. The second kappa shape index (κ2) is 10.2. The molecule has 0 rings (SSSR count). The van der Waals surface area contributed by atoms with Crippen molar-refractivity contribution in [2.75, 3.05) is 46.6 Å². The predicted molar refractivity (Wildman–Crippen MR) is 61.7 cm³/mol. The van der Waals surface area contributed by atoms with Crippen molar-refractivity contribution in [1.82, 2.24) is 4.90 Å². The zero-order chi connectivity index (χ0) is 13.1. The van der Waals surface area contributed by atoms with Crippen molar-refractivity contribution in [2.24, 2.45) is 0 Å². The fraction of sp³-hybridized carbons (Fsp3) is 0.818. The number of ketones is 1. The van der Waals surface area contributed by atoms with Crippen LogP contribution in [0.2, 0.25) is 0 Å². The molecule has 6 heteroatoms. The molecule has 0 bridgehead atoms. The average Bonchev–Trinajstić information content (AvgIpc) is 2.26. The van der Waals surface area contributed by atoms with E-state index in [9.17, 15) is 9.59 Å². The van der Waals surface area contributed by atoms with Crippen molar-refractivity contribution >= 4 is 11.8 Å². The molecule has 0 heterocycles.